The van der Waals surface area contributed by atoms with Gasteiger partial charge in [0.25, 0.3) is 0 Å². The highest BCUT2D eigenvalue weighted by molar-refractivity contribution is 5.85. The molecule has 0 saturated carbocycles. The molecule has 0 aliphatic carbocycles. The number of likely N-dealkylation sites (N-methyl/N-ethyl adjacent to an activating group) is 1. The van der Waals surface area contributed by atoms with Crippen LogP contribution in [0, 0.1) is 6.92 Å². The number of hydrogen-bond donors (Lipinski definition) is 1. The number of carbonyl (C=O) groups is 1. The molecule has 84 valence electrons. The Morgan fingerprint density at radius 2 is 2.33 bits per heavy atom. The van der Waals surface area contributed by atoms with Crippen LogP contribution in [0.1, 0.15) is 25.2 Å². The summed E-state index contributed by atoms with van der Waals surface area (Å²) in [6.45, 7) is 6.66. The Bertz CT molecular complexity index is 344. The van der Waals surface area contributed by atoms with Gasteiger partial charge in [0.1, 0.15) is 0 Å². The van der Waals surface area contributed by atoms with Crippen molar-refractivity contribution in [1.82, 2.24) is 15.1 Å². The molecule has 1 heterocycles. The van der Waals surface area contributed by atoms with Gasteiger partial charge in [0.15, 0.2) is 5.78 Å². The summed E-state index contributed by atoms with van der Waals surface area (Å²) in [5.41, 5.74) is 1.97. The molecule has 0 saturated heterocycles. The SMILES string of the molecule is CCn1nc(C)cc1CC(=O)C(C)NC. The molecule has 0 radical (unpaired) electrons. The highest BCUT2D eigenvalue weighted by Crippen LogP contribution is 2.06. The lowest BCUT2D eigenvalue weighted by atomic mass is 10.1. The normalized spacial score (nSPS) is 12.8. The van der Waals surface area contributed by atoms with Crippen molar-refractivity contribution in [2.24, 2.45) is 0 Å². The lowest BCUT2D eigenvalue weighted by Crippen LogP contribution is -2.32. The van der Waals surface area contributed by atoms with E-state index in [-0.39, 0.29) is 11.8 Å². The maximum Gasteiger partial charge on any atom is 0.155 e. The number of aryl methyl sites for hydroxylation is 2. The fourth-order valence-electron chi connectivity index (χ4n) is 1.51. The van der Waals surface area contributed by atoms with Gasteiger partial charge in [0, 0.05) is 18.7 Å². The summed E-state index contributed by atoms with van der Waals surface area (Å²) in [7, 11) is 1.80. The quantitative estimate of drug-likeness (QED) is 0.784. The molecule has 0 fully saturated rings. The van der Waals surface area contributed by atoms with E-state index in [1.54, 1.807) is 7.05 Å². The number of nitrogens with zero attached hydrogens (tertiary/aromatic N) is 2. The Kier molecular flexibility index (Phi) is 4.03. The summed E-state index contributed by atoms with van der Waals surface area (Å²) >= 11 is 0. The van der Waals surface area contributed by atoms with Gasteiger partial charge in [-0.15, -0.1) is 0 Å². The van der Waals surface area contributed by atoms with Gasteiger partial charge in [-0.3, -0.25) is 9.48 Å². The zero-order valence-electron chi connectivity index (χ0n) is 9.87. The van der Waals surface area contributed by atoms with Gasteiger partial charge >= 0.3 is 0 Å². The molecule has 1 atom stereocenters. The molecule has 0 spiro atoms. The Balaban J connectivity index is 2.75. The number of Topliss-reactive ketones (excluding diaryl/α,β-unsaturated/α-hetero) is 1. The minimum absolute atomic E-state index is 0.0921. The molecular formula is C11H19N3O. The molecule has 1 aromatic rings. The van der Waals surface area contributed by atoms with Crippen molar-refractivity contribution in [1.29, 1.82) is 0 Å². The third-order valence-corrected chi connectivity index (χ3v) is 2.56. The number of aromatic nitrogens is 2. The molecule has 0 aliphatic heterocycles. The van der Waals surface area contributed by atoms with Crippen LogP contribution in [0.3, 0.4) is 0 Å². The molecule has 0 bridgehead atoms. The van der Waals surface area contributed by atoms with E-state index in [4.69, 9.17) is 0 Å². The van der Waals surface area contributed by atoms with Gasteiger partial charge in [-0.2, -0.15) is 5.10 Å². The van der Waals surface area contributed by atoms with Gasteiger partial charge < -0.3 is 5.32 Å². The van der Waals surface area contributed by atoms with Crippen LogP contribution in [0.5, 0.6) is 0 Å². The van der Waals surface area contributed by atoms with Crippen molar-refractivity contribution < 1.29 is 4.79 Å². The Morgan fingerprint density at radius 3 is 2.87 bits per heavy atom. The van der Waals surface area contributed by atoms with Gasteiger partial charge in [-0.05, 0) is 33.9 Å². The van der Waals surface area contributed by atoms with Gasteiger partial charge in [-0.25, -0.2) is 0 Å². The minimum atomic E-state index is -0.0921. The standard InChI is InChI=1S/C11H19N3O/c1-5-14-10(6-8(2)13-14)7-11(15)9(3)12-4/h6,9,12H,5,7H2,1-4H3. The largest absolute Gasteiger partial charge is 0.311 e. The van der Waals surface area contributed by atoms with Crippen LogP contribution in [0.4, 0.5) is 0 Å². The maximum atomic E-state index is 11.7. The first-order valence-corrected chi connectivity index (χ1v) is 5.31. The smallest absolute Gasteiger partial charge is 0.155 e. The number of ketones is 1. The fraction of sp³-hybridized carbons (Fsp3) is 0.636. The summed E-state index contributed by atoms with van der Waals surface area (Å²) in [4.78, 5) is 11.7. The monoisotopic (exact) mass is 209 g/mol. The third kappa shape index (κ3) is 2.89. The minimum Gasteiger partial charge on any atom is -0.311 e. The Labute approximate surface area is 90.7 Å². The maximum absolute atomic E-state index is 11.7. The first-order valence-electron chi connectivity index (χ1n) is 5.31. The molecule has 1 rings (SSSR count). The predicted octanol–water partition coefficient (Wildman–Crippen LogP) is 0.931. The second kappa shape index (κ2) is 5.07. The summed E-state index contributed by atoms with van der Waals surface area (Å²) in [6.07, 6.45) is 0.455. The van der Waals surface area contributed by atoms with Crippen LogP contribution in [0.2, 0.25) is 0 Å². The van der Waals surface area contributed by atoms with E-state index in [2.05, 4.69) is 10.4 Å². The van der Waals surface area contributed by atoms with Gasteiger partial charge in [-0.1, -0.05) is 0 Å². The van der Waals surface area contributed by atoms with Crippen LogP contribution in [-0.2, 0) is 17.8 Å². The second-order valence-corrected chi connectivity index (χ2v) is 3.75. The molecular weight excluding hydrogens is 190 g/mol. The fourth-order valence-corrected chi connectivity index (χ4v) is 1.51. The van der Waals surface area contributed by atoms with E-state index in [0.717, 1.165) is 17.9 Å². The third-order valence-electron chi connectivity index (χ3n) is 2.56. The van der Waals surface area contributed by atoms with Crippen molar-refractivity contribution in [2.75, 3.05) is 7.05 Å². The molecule has 1 aromatic heterocycles. The Morgan fingerprint density at radius 1 is 1.67 bits per heavy atom. The van der Waals surface area contributed by atoms with E-state index >= 15 is 0 Å². The van der Waals surface area contributed by atoms with Gasteiger partial charge in [0.05, 0.1) is 11.7 Å². The van der Waals surface area contributed by atoms with Crippen LogP contribution < -0.4 is 5.32 Å². The molecule has 4 heteroatoms. The van der Waals surface area contributed by atoms with Crippen LogP contribution in [-0.4, -0.2) is 28.7 Å². The summed E-state index contributed by atoms with van der Waals surface area (Å²) in [5.74, 6) is 0.201. The van der Waals surface area contributed by atoms with Crippen LogP contribution in [0.25, 0.3) is 0 Å². The zero-order valence-corrected chi connectivity index (χ0v) is 9.87. The average molecular weight is 209 g/mol. The predicted molar refractivity (Wildman–Crippen MR) is 59.9 cm³/mol. The van der Waals surface area contributed by atoms with Crippen molar-refractivity contribution in [3.8, 4) is 0 Å². The van der Waals surface area contributed by atoms with Crippen molar-refractivity contribution >= 4 is 5.78 Å². The molecule has 15 heavy (non-hydrogen) atoms. The molecule has 0 amide bonds. The van der Waals surface area contributed by atoms with Crippen molar-refractivity contribution in [2.45, 2.75) is 39.8 Å². The van der Waals surface area contributed by atoms with Crippen LogP contribution in [0.15, 0.2) is 6.07 Å². The lowest BCUT2D eigenvalue weighted by molar-refractivity contribution is -0.120. The average Bonchev–Trinajstić information content (AvgIpc) is 2.57. The zero-order chi connectivity index (χ0) is 11.4. The highest BCUT2D eigenvalue weighted by Gasteiger charge is 2.14. The van der Waals surface area contributed by atoms with E-state index in [0.29, 0.717) is 6.42 Å². The number of rotatable bonds is 5. The first kappa shape index (κ1) is 11.9. The Hall–Kier alpha value is -1.16. The molecule has 1 N–H and O–H groups in total. The van der Waals surface area contributed by atoms with Crippen molar-refractivity contribution in [3.05, 3.63) is 17.5 Å². The lowest BCUT2D eigenvalue weighted by Gasteiger charge is -2.09. The summed E-state index contributed by atoms with van der Waals surface area (Å²) < 4.78 is 1.88. The second-order valence-electron chi connectivity index (χ2n) is 3.75. The number of carbonyl (C=O) groups excluding carboxylic acids is 1. The highest BCUT2D eigenvalue weighted by atomic mass is 16.1. The molecule has 0 aromatic carbocycles. The summed E-state index contributed by atoms with van der Waals surface area (Å²) in [6, 6.07) is 1.88. The molecule has 0 aliphatic rings. The van der Waals surface area contributed by atoms with E-state index in [1.807, 2.05) is 31.5 Å². The number of nitrogens with one attached hydrogen (secondary N) is 1. The summed E-state index contributed by atoms with van der Waals surface area (Å²) in [5, 5.41) is 7.26. The van der Waals surface area contributed by atoms with E-state index in [9.17, 15) is 4.79 Å². The molecule has 1 unspecified atom stereocenters. The van der Waals surface area contributed by atoms with Crippen LogP contribution >= 0.6 is 0 Å². The van der Waals surface area contributed by atoms with Crippen molar-refractivity contribution in [3.63, 3.8) is 0 Å². The topological polar surface area (TPSA) is 46.9 Å². The first-order chi connectivity index (χ1) is 7.08. The van der Waals surface area contributed by atoms with E-state index in [1.165, 1.54) is 0 Å². The van der Waals surface area contributed by atoms with Gasteiger partial charge in [0.2, 0.25) is 0 Å². The van der Waals surface area contributed by atoms with E-state index < -0.39 is 0 Å². The number of hydrogen-bond acceptors (Lipinski definition) is 3. The molecule has 4 nitrogen and oxygen atoms in total.